The van der Waals surface area contributed by atoms with Gasteiger partial charge in [-0.1, -0.05) is 18.7 Å². The molecule has 0 aliphatic carbocycles. The third-order valence-electron chi connectivity index (χ3n) is 3.63. The minimum Gasteiger partial charge on any atom is -0.469 e. The van der Waals surface area contributed by atoms with Gasteiger partial charge in [-0.05, 0) is 33.3 Å². The molecule has 0 bridgehead atoms. The second-order valence-corrected chi connectivity index (χ2v) is 6.77. The van der Waals surface area contributed by atoms with Crippen LogP contribution in [-0.2, 0) is 11.8 Å². The molecule has 7 heteroatoms. The number of hydrogen-bond donors (Lipinski definition) is 1. The van der Waals surface area contributed by atoms with Gasteiger partial charge in [0, 0.05) is 12.6 Å². The summed E-state index contributed by atoms with van der Waals surface area (Å²) in [4.78, 5) is 12.0. The van der Waals surface area contributed by atoms with E-state index in [1.54, 1.807) is 6.26 Å². The second-order valence-electron chi connectivity index (χ2n) is 5.83. The minimum absolute atomic E-state index is 0.000826. The Bertz CT molecular complexity index is 660. The van der Waals surface area contributed by atoms with E-state index < -0.39 is 0 Å². The first kappa shape index (κ1) is 16.6. The van der Waals surface area contributed by atoms with Crippen LogP contribution >= 0.6 is 11.8 Å². The van der Waals surface area contributed by atoms with Crippen LogP contribution < -0.4 is 5.32 Å². The zero-order valence-electron chi connectivity index (χ0n) is 13.6. The fourth-order valence-corrected chi connectivity index (χ4v) is 2.64. The summed E-state index contributed by atoms with van der Waals surface area (Å²) in [5.74, 6) is 1.86. The van der Waals surface area contributed by atoms with Crippen LogP contribution in [0, 0.1) is 6.92 Å². The van der Waals surface area contributed by atoms with Crippen molar-refractivity contribution in [3.63, 3.8) is 0 Å². The van der Waals surface area contributed by atoms with Gasteiger partial charge in [0.05, 0.1) is 17.6 Å². The number of rotatable bonds is 6. The van der Waals surface area contributed by atoms with Crippen LogP contribution in [0.1, 0.15) is 33.0 Å². The van der Waals surface area contributed by atoms with Gasteiger partial charge < -0.3 is 14.3 Å². The monoisotopic (exact) mass is 322 g/mol. The second kappa shape index (κ2) is 6.56. The number of furan rings is 1. The number of aromatic nitrogens is 3. The molecule has 6 nitrogen and oxygen atoms in total. The highest BCUT2D eigenvalue weighted by molar-refractivity contribution is 7.99. The van der Waals surface area contributed by atoms with Crippen LogP contribution in [0.15, 0.2) is 21.9 Å². The Hall–Kier alpha value is -1.76. The predicted octanol–water partition coefficient (Wildman–Crippen LogP) is 2.78. The molecule has 2 heterocycles. The van der Waals surface area contributed by atoms with Crippen molar-refractivity contribution in [2.24, 2.45) is 7.05 Å². The van der Waals surface area contributed by atoms with E-state index in [0.717, 1.165) is 23.6 Å². The first-order valence-electron chi connectivity index (χ1n) is 7.21. The van der Waals surface area contributed by atoms with E-state index >= 15 is 0 Å². The number of amides is 1. The zero-order valence-corrected chi connectivity index (χ0v) is 14.5. The van der Waals surface area contributed by atoms with E-state index in [0.29, 0.717) is 10.9 Å². The van der Waals surface area contributed by atoms with E-state index in [1.165, 1.54) is 11.8 Å². The van der Waals surface area contributed by atoms with Crippen molar-refractivity contribution in [2.75, 3.05) is 5.75 Å². The molecule has 0 unspecified atom stereocenters. The third kappa shape index (κ3) is 3.71. The molecule has 1 N–H and O–H groups in total. The van der Waals surface area contributed by atoms with E-state index in [9.17, 15) is 4.79 Å². The molecule has 0 atom stereocenters. The predicted molar refractivity (Wildman–Crippen MR) is 86.7 cm³/mol. The molecule has 0 radical (unpaired) electrons. The lowest BCUT2D eigenvalue weighted by Gasteiger charge is -2.24. The van der Waals surface area contributed by atoms with E-state index in [-0.39, 0.29) is 11.4 Å². The highest BCUT2D eigenvalue weighted by Gasteiger charge is 2.19. The summed E-state index contributed by atoms with van der Waals surface area (Å²) in [5.41, 5.74) is 0.731. The summed E-state index contributed by atoms with van der Waals surface area (Å²) in [7, 11) is 1.89. The molecular formula is C15H22N4O2S. The Morgan fingerprint density at radius 3 is 2.77 bits per heavy atom. The van der Waals surface area contributed by atoms with Crippen molar-refractivity contribution in [1.82, 2.24) is 20.1 Å². The smallest absolute Gasteiger partial charge is 0.230 e. The summed E-state index contributed by atoms with van der Waals surface area (Å²) >= 11 is 1.38. The van der Waals surface area contributed by atoms with Gasteiger partial charge in [-0.25, -0.2) is 0 Å². The van der Waals surface area contributed by atoms with E-state index in [2.05, 4.69) is 22.4 Å². The van der Waals surface area contributed by atoms with Crippen molar-refractivity contribution in [1.29, 1.82) is 0 Å². The summed E-state index contributed by atoms with van der Waals surface area (Å²) in [5, 5.41) is 12.1. The number of nitrogens with zero attached hydrogens (tertiary/aromatic N) is 3. The van der Waals surface area contributed by atoms with Crippen LogP contribution in [0.5, 0.6) is 0 Å². The molecule has 0 aliphatic rings. The van der Waals surface area contributed by atoms with Gasteiger partial charge in [0.25, 0.3) is 0 Å². The number of thioether (sulfide) groups is 1. The standard InChI is InChI=1S/C15H22N4O2S/c1-6-15(3,4)16-12(20)9-22-14-18-17-13(19(14)5)11-7-8-21-10(11)2/h7-8H,6,9H2,1-5H3,(H,16,20). The number of carbonyl (C=O) groups is 1. The quantitative estimate of drug-likeness (QED) is 0.828. The maximum atomic E-state index is 12.0. The first-order chi connectivity index (χ1) is 10.3. The number of hydrogen-bond acceptors (Lipinski definition) is 5. The Morgan fingerprint density at radius 1 is 1.45 bits per heavy atom. The van der Waals surface area contributed by atoms with Crippen LogP contribution in [0.25, 0.3) is 11.4 Å². The molecule has 0 aliphatic heterocycles. The van der Waals surface area contributed by atoms with Gasteiger partial charge in [-0.15, -0.1) is 10.2 Å². The van der Waals surface area contributed by atoms with Gasteiger partial charge in [0.1, 0.15) is 5.76 Å². The van der Waals surface area contributed by atoms with E-state index in [1.807, 2.05) is 38.5 Å². The van der Waals surface area contributed by atoms with Crippen molar-refractivity contribution < 1.29 is 9.21 Å². The summed E-state index contributed by atoms with van der Waals surface area (Å²) in [6.45, 7) is 7.96. The lowest BCUT2D eigenvalue weighted by atomic mass is 10.0. The molecule has 2 aromatic heterocycles. The normalized spacial score (nSPS) is 11.7. The maximum absolute atomic E-state index is 12.0. The van der Waals surface area contributed by atoms with Crippen molar-refractivity contribution in [3.8, 4) is 11.4 Å². The van der Waals surface area contributed by atoms with Crippen LogP contribution in [0.3, 0.4) is 0 Å². The molecular weight excluding hydrogens is 300 g/mol. The van der Waals surface area contributed by atoms with Crippen molar-refractivity contribution >= 4 is 17.7 Å². The Morgan fingerprint density at radius 2 is 2.18 bits per heavy atom. The third-order valence-corrected chi connectivity index (χ3v) is 4.65. The Labute approximate surface area is 134 Å². The highest BCUT2D eigenvalue weighted by Crippen LogP contribution is 2.25. The molecule has 120 valence electrons. The molecule has 0 aromatic carbocycles. The largest absolute Gasteiger partial charge is 0.469 e. The molecule has 2 rings (SSSR count). The Balaban J connectivity index is 2.02. The molecule has 0 saturated carbocycles. The molecule has 0 spiro atoms. The molecule has 1 amide bonds. The maximum Gasteiger partial charge on any atom is 0.230 e. The molecule has 0 saturated heterocycles. The number of aryl methyl sites for hydroxylation is 1. The van der Waals surface area contributed by atoms with E-state index in [4.69, 9.17) is 4.42 Å². The van der Waals surface area contributed by atoms with Gasteiger partial charge in [0.2, 0.25) is 5.91 Å². The lowest BCUT2D eigenvalue weighted by molar-refractivity contribution is -0.120. The van der Waals surface area contributed by atoms with Crippen molar-refractivity contribution in [3.05, 3.63) is 18.1 Å². The fourth-order valence-electron chi connectivity index (χ4n) is 1.92. The van der Waals surface area contributed by atoms with Crippen LogP contribution in [0.4, 0.5) is 0 Å². The van der Waals surface area contributed by atoms with Crippen molar-refractivity contribution in [2.45, 2.75) is 44.8 Å². The number of nitrogens with one attached hydrogen (secondary N) is 1. The molecule has 0 fully saturated rings. The highest BCUT2D eigenvalue weighted by atomic mass is 32.2. The summed E-state index contributed by atoms with van der Waals surface area (Å²) in [6.07, 6.45) is 2.52. The van der Waals surface area contributed by atoms with Crippen LogP contribution in [0.2, 0.25) is 0 Å². The van der Waals surface area contributed by atoms with Gasteiger partial charge in [-0.2, -0.15) is 0 Å². The van der Waals surface area contributed by atoms with Gasteiger partial charge in [0.15, 0.2) is 11.0 Å². The van der Waals surface area contributed by atoms with Gasteiger partial charge in [-0.3, -0.25) is 4.79 Å². The average Bonchev–Trinajstić information content (AvgIpc) is 3.02. The number of carbonyl (C=O) groups excluding carboxylic acids is 1. The average molecular weight is 322 g/mol. The molecule has 22 heavy (non-hydrogen) atoms. The first-order valence-corrected chi connectivity index (χ1v) is 8.20. The minimum atomic E-state index is -0.184. The topological polar surface area (TPSA) is 73.0 Å². The fraction of sp³-hybridized carbons (Fsp3) is 0.533. The SMILES string of the molecule is CCC(C)(C)NC(=O)CSc1nnc(-c2ccoc2C)n1C. The summed E-state index contributed by atoms with van der Waals surface area (Å²) < 4.78 is 7.17. The van der Waals surface area contributed by atoms with Crippen LogP contribution in [-0.4, -0.2) is 32.0 Å². The summed E-state index contributed by atoms with van der Waals surface area (Å²) in [6, 6.07) is 1.87. The Kier molecular flexibility index (Phi) is 4.95. The molecule has 2 aromatic rings. The van der Waals surface area contributed by atoms with Gasteiger partial charge >= 0.3 is 0 Å². The lowest BCUT2D eigenvalue weighted by Crippen LogP contribution is -2.43. The zero-order chi connectivity index (χ0) is 16.3.